The molecule has 1 radical (unpaired) electrons. The molecule has 0 aliphatic carbocycles. The molecule has 4 nitrogen and oxygen atoms in total. The van der Waals surface area contributed by atoms with E-state index in [4.69, 9.17) is 0 Å². The summed E-state index contributed by atoms with van der Waals surface area (Å²) in [6.45, 7) is 5.57. The Labute approximate surface area is 64.5 Å². The zero-order valence-corrected chi connectivity index (χ0v) is 6.63. The van der Waals surface area contributed by atoms with E-state index in [1.807, 2.05) is 0 Å². The maximum atomic E-state index is 10.9. The summed E-state index contributed by atoms with van der Waals surface area (Å²) in [6, 6.07) is 0. The van der Waals surface area contributed by atoms with Gasteiger partial charge in [-0.2, -0.15) is 0 Å². The molecule has 0 saturated heterocycles. The molecular weight excluding hydrogens is 148 g/mol. The zero-order chi connectivity index (χ0) is 9.07. The van der Waals surface area contributed by atoms with E-state index in [0.717, 1.165) is 6.47 Å². The highest BCUT2D eigenvalue weighted by Crippen LogP contribution is 2.14. The molecule has 0 aromatic rings. The van der Waals surface area contributed by atoms with E-state index in [-0.39, 0.29) is 0 Å². The summed E-state index contributed by atoms with van der Waals surface area (Å²) in [7, 11) is 0. The smallest absolute Gasteiger partial charge is 0.379 e. The fraction of sp³-hybridized carbons (Fsp3) is 0.571. The first kappa shape index (κ1) is 9.81. The second kappa shape index (κ2) is 3.27. The van der Waals surface area contributed by atoms with Crippen LogP contribution in [0.3, 0.4) is 0 Å². The lowest BCUT2D eigenvalue weighted by Gasteiger charge is -2.12. The van der Waals surface area contributed by atoms with Gasteiger partial charge in [0.2, 0.25) is 5.78 Å². The van der Waals surface area contributed by atoms with E-state index < -0.39 is 17.2 Å². The van der Waals surface area contributed by atoms with Gasteiger partial charge in [0.25, 0.3) is 0 Å². The van der Waals surface area contributed by atoms with Crippen molar-refractivity contribution in [2.24, 2.45) is 5.41 Å². The summed E-state index contributed by atoms with van der Waals surface area (Å²) in [6.07, 6.45) is 0. The molecule has 0 amide bonds. The molecule has 61 valence electrons. The number of hydrogen-bond donors (Lipinski definition) is 0. The Hall–Kier alpha value is -1.19. The van der Waals surface area contributed by atoms with Crippen molar-refractivity contribution in [3.63, 3.8) is 0 Å². The van der Waals surface area contributed by atoms with Gasteiger partial charge in [0.1, 0.15) is 0 Å². The van der Waals surface area contributed by atoms with Crippen LogP contribution in [0.15, 0.2) is 0 Å². The molecule has 0 aromatic heterocycles. The predicted octanol–water partition coefficient (Wildman–Crippen LogP) is 0.212. The van der Waals surface area contributed by atoms with Crippen LogP contribution in [0.2, 0.25) is 0 Å². The van der Waals surface area contributed by atoms with Crippen LogP contribution < -0.4 is 0 Å². The molecular formula is C7H9O4. The van der Waals surface area contributed by atoms with Crippen LogP contribution in [0, 0.1) is 5.41 Å². The third kappa shape index (κ3) is 2.93. The average Bonchev–Trinajstić information content (AvgIpc) is 1.85. The average molecular weight is 157 g/mol. The SMILES string of the molecule is CC(C)(C)C(=O)C(=O)O[C]=O. The van der Waals surface area contributed by atoms with Gasteiger partial charge in [-0.15, -0.1) is 0 Å². The maximum absolute atomic E-state index is 10.9. The highest BCUT2D eigenvalue weighted by molar-refractivity contribution is 6.36. The quantitative estimate of drug-likeness (QED) is 0.326. The molecule has 0 atom stereocenters. The van der Waals surface area contributed by atoms with Crippen LogP contribution in [0.5, 0.6) is 0 Å². The van der Waals surface area contributed by atoms with E-state index >= 15 is 0 Å². The Balaban J connectivity index is 4.26. The number of Topliss-reactive ketones (excluding diaryl/α,β-unsaturated/α-hetero) is 1. The van der Waals surface area contributed by atoms with Crippen molar-refractivity contribution >= 4 is 18.2 Å². The molecule has 0 spiro atoms. The first-order valence-corrected chi connectivity index (χ1v) is 3.02. The molecule has 0 fully saturated rings. The van der Waals surface area contributed by atoms with Crippen molar-refractivity contribution in [2.45, 2.75) is 20.8 Å². The Morgan fingerprint density at radius 2 is 1.73 bits per heavy atom. The molecule has 0 heterocycles. The lowest BCUT2D eigenvalue weighted by Crippen LogP contribution is -2.29. The number of carbonyl (C=O) groups is 2. The summed E-state index contributed by atoms with van der Waals surface area (Å²) in [4.78, 5) is 31.0. The molecule has 0 unspecified atom stereocenters. The molecule has 0 saturated carbocycles. The van der Waals surface area contributed by atoms with E-state index in [1.54, 1.807) is 20.8 Å². The fourth-order valence-electron chi connectivity index (χ4n) is 0.390. The van der Waals surface area contributed by atoms with Crippen LogP contribution in [0.25, 0.3) is 0 Å². The van der Waals surface area contributed by atoms with Gasteiger partial charge in [0, 0.05) is 5.41 Å². The van der Waals surface area contributed by atoms with Crippen molar-refractivity contribution in [1.82, 2.24) is 0 Å². The fourth-order valence-corrected chi connectivity index (χ4v) is 0.390. The normalized spacial score (nSPS) is 10.5. The van der Waals surface area contributed by atoms with Gasteiger partial charge in [-0.3, -0.25) is 4.79 Å². The molecule has 0 aliphatic rings. The topological polar surface area (TPSA) is 60.4 Å². The molecule has 0 bridgehead atoms. The minimum Gasteiger partial charge on any atom is -0.379 e. The number of rotatable bonds is 2. The van der Waals surface area contributed by atoms with Gasteiger partial charge in [-0.1, -0.05) is 20.8 Å². The summed E-state index contributed by atoms with van der Waals surface area (Å²) in [5, 5.41) is 0. The first-order chi connectivity index (χ1) is 4.89. The van der Waals surface area contributed by atoms with Crippen LogP contribution in [-0.4, -0.2) is 18.2 Å². The van der Waals surface area contributed by atoms with Crippen molar-refractivity contribution in [3.8, 4) is 0 Å². The number of ketones is 1. The third-order valence-corrected chi connectivity index (χ3v) is 1.00. The van der Waals surface area contributed by atoms with Gasteiger partial charge in [0.05, 0.1) is 0 Å². The van der Waals surface area contributed by atoms with E-state index in [1.165, 1.54) is 0 Å². The number of ether oxygens (including phenoxy) is 1. The van der Waals surface area contributed by atoms with Gasteiger partial charge in [0.15, 0.2) is 0 Å². The van der Waals surface area contributed by atoms with Crippen LogP contribution >= 0.6 is 0 Å². The highest BCUT2D eigenvalue weighted by atomic mass is 16.6. The molecule has 11 heavy (non-hydrogen) atoms. The van der Waals surface area contributed by atoms with Crippen molar-refractivity contribution in [3.05, 3.63) is 0 Å². The Morgan fingerprint density at radius 1 is 1.27 bits per heavy atom. The maximum Gasteiger partial charge on any atom is 0.425 e. The summed E-state index contributed by atoms with van der Waals surface area (Å²) < 4.78 is 3.74. The van der Waals surface area contributed by atoms with Gasteiger partial charge in [-0.05, 0) is 0 Å². The Morgan fingerprint density at radius 3 is 2.00 bits per heavy atom. The first-order valence-electron chi connectivity index (χ1n) is 3.02. The van der Waals surface area contributed by atoms with Gasteiger partial charge >= 0.3 is 12.4 Å². The monoisotopic (exact) mass is 157 g/mol. The molecule has 4 heteroatoms. The van der Waals surface area contributed by atoms with Gasteiger partial charge < -0.3 is 4.74 Å². The van der Waals surface area contributed by atoms with Crippen LogP contribution in [0.1, 0.15) is 20.8 Å². The molecule has 0 aliphatic heterocycles. The summed E-state index contributed by atoms with van der Waals surface area (Å²) in [5.74, 6) is -1.90. The minimum atomic E-state index is -1.16. The lowest BCUT2D eigenvalue weighted by atomic mass is 9.91. The zero-order valence-electron chi connectivity index (χ0n) is 6.63. The number of esters is 1. The van der Waals surface area contributed by atoms with Gasteiger partial charge in [-0.25, -0.2) is 9.59 Å². The summed E-state index contributed by atoms with van der Waals surface area (Å²) in [5.41, 5.74) is -0.812. The number of carbonyl (C=O) groups excluding carboxylic acids is 3. The minimum absolute atomic E-state index is 0.735. The van der Waals surface area contributed by atoms with Crippen LogP contribution in [0.4, 0.5) is 0 Å². The molecule has 0 aromatic carbocycles. The molecule has 0 rings (SSSR count). The predicted molar refractivity (Wildman–Crippen MR) is 36.2 cm³/mol. The van der Waals surface area contributed by atoms with Crippen molar-refractivity contribution in [1.29, 1.82) is 0 Å². The lowest BCUT2D eigenvalue weighted by molar-refractivity contribution is -0.151. The van der Waals surface area contributed by atoms with E-state index in [0.29, 0.717) is 0 Å². The Bertz CT molecular complexity index is 187. The second-order valence-electron chi connectivity index (χ2n) is 3.05. The van der Waals surface area contributed by atoms with Crippen molar-refractivity contribution in [2.75, 3.05) is 0 Å². The van der Waals surface area contributed by atoms with E-state index in [2.05, 4.69) is 4.74 Å². The van der Waals surface area contributed by atoms with Crippen LogP contribution in [-0.2, 0) is 19.1 Å². The highest BCUT2D eigenvalue weighted by Gasteiger charge is 2.29. The van der Waals surface area contributed by atoms with E-state index in [9.17, 15) is 14.4 Å². The second-order valence-corrected chi connectivity index (χ2v) is 3.05. The molecule has 0 N–H and O–H groups in total. The largest absolute Gasteiger partial charge is 0.425 e. The third-order valence-electron chi connectivity index (χ3n) is 1.00. The van der Waals surface area contributed by atoms with Crippen molar-refractivity contribution < 1.29 is 19.1 Å². The number of hydrogen-bond acceptors (Lipinski definition) is 4. The summed E-state index contributed by atoms with van der Waals surface area (Å²) >= 11 is 0. The Kier molecular flexibility index (Phi) is 2.92. The standard InChI is InChI=1S/C7H9O4/c1-7(2,3)5(9)6(10)11-4-8/h1-3H3.